The molecule has 1 aliphatic heterocycles. The first-order chi connectivity index (χ1) is 18.4. The molecule has 216 valence electrons. The molecule has 1 aliphatic rings. The van der Waals surface area contributed by atoms with E-state index in [1.165, 1.54) is 30.0 Å². The Morgan fingerprint density at radius 3 is 2.18 bits per heavy atom. The highest BCUT2D eigenvalue weighted by Crippen LogP contribution is 2.35. The lowest BCUT2D eigenvalue weighted by atomic mass is 9.99. The maximum absolute atomic E-state index is 14.5. The van der Waals surface area contributed by atoms with Crippen LogP contribution in [0.15, 0.2) is 71.7 Å². The third kappa shape index (κ3) is 14.8. The Labute approximate surface area is 232 Å². The quantitative estimate of drug-likeness (QED) is 0.237. The van der Waals surface area contributed by atoms with Crippen molar-refractivity contribution in [2.75, 3.05) is 12.8 Å². The zero-order valence-electron chi connectivity index (χ0n) is 23.4. The van der Waals surface area contributed by atoms with Gasteiger partial charge in [0.2, 0.25) is 10.0 Å². The lowest BCUT2D eigenvalue weighted by Gasteiger charge is -2.26. The number of hydrogen-bond acceptors (Lipinski definition) is 5. The van der Waals surface area contributed by atoms with Gasteiger partial charge in [-0.05, 0) is 57.4 Å². The van der Waals surface area contributed by atoms with Crippen molar-refractivity contribution in [3.63, 3.8) is 0 Å². The lowest BCUT2D eigenvalue weighted by Crippen LogP contribution is -2.35. The van der Waals surface area contributed by atoms with Gasteiger partial charge in [-0.25, -0.2) is 22.3 Å². The fourth-order valence-electron chi connectivity index (χ4n) is 3.31. The van der Waals surface area contributed by atoms with E-state index < -0.39 is 21.9 Å². The van der Waals surface area contributed by atoms with Crippen molar-refractivity contribution >= 4 is 22.2 Å². The zero-order chi connectivity index (χ0) is 30.6. The molecule has 0 aliphatic carbocycles. The predicted octanol–water partition coefficient (Wildman–Crippen LogP) is 4.94. The molecule has 0 saturated carbocycles. The van der Waals surface area contributed by atoms with Crippen LogP contribution in [-0.2, 0) is 26.2 Å². The van der Waals surface area contributed by atoms with Crippen molar-refractivity contribution in [3.05, 3.63) is 83.1 Å². The van der Waals surface area contributed by atoms with Crippen LogP contribution in [0.1, 0.15) is 52.5 Å². The molecule has 0 saturated heterocycles. The third-order valence-electron chi connectivity index (χ3n) is 5.34. The molecule has 0 spiro atoms. The fraction of sp³-hybridized carbons (Fsp3) is 0.379. The second-order valence-corrected chi connectivity index (χ2v) is 9.82. The van der Waals surface area contributed by atoms with Gasteiger partial charge in [0.05, 0.1) is 11.8 Å². The Kier molecular flexibility index (Phi) is 19.7. The molecule has 1 amide bonds. The summed E-state index contributed by atoms with van der Waals surface area (Å²) in [5.41, 5.74) is 2.71. The first-order valence-electron chi connectivity index (χ1n) is 12.2. The smallest absolute Gasteiger partial charge is 0.250 e. The molecule has 0 radical (unpaired) electrons. The van der Waals surface area contributed by atoms with Crippen LogP contribution >= 0.6 is 0 Å². The van der Waals surface area contributed by atoms with E-state index >= 15 is 0 Å². The van der Waals surface area contributed by atoms with E-state index in [4.69, 9.17) is 0 Å². The van der Waals surface area contributed by atoms with Crippen LogP contribution in [0.3, 0.4) is 0 Å². The minimum atomic E-state index is -3.29. The summed E-state index contributed by atoms with van der Waals surface area (Å²) in [4.78, 5) is 24.9. The molecule has 1 unspecified atom stereocenters. The molecule has 0 fully saturated rings. The van der Waals surface area contributed by atoms with Crippen molar-refractivity contribution in [2.24, 2.45) is 5.14 Å². The van der Waals surface area contributed by atoms with Crippen LogP contribution in [0.25, 0.3) is 0 Å². The SMILES string of the molecule is C#C.C/C=C(\C)NC.C=CCS(N)(=O)=O.CC/C=C(/F)C1=C(C)C(=O)N(Cc2ccc(F)cc2)C1CCC=O. The van der Waals surface area contributed by atoms with Crippen LogP contribution in [0.5, 0.6) is 0 Å². The van der Waals surface area contributed by atoms with Gasteiger partial charge in [-0.2, -0.15) is 0 Å². The summed E-state index contributed by atoms with van der Waals surface area (Å²) in [5.74, 6) is -1.14. The minimum Gasteiger partial charge on any atom is -0.392 e. The number of carbonyl (C=O) groups excluding carboxylic acids is 2. The van der Waals surface area contributed by atoms with Crippen LogP contribution in [-0.4, -0.2) is 44.4 Å². The van der Waals surface area contributed by atoms with Gasteiger partial charge in [-0.15, -0.1) is 19.4 Å². The van der Waals surface area contributed by atoms with Gasteiger partial charge >= 0.3 is 0 Å². The van der Waals surface area contributed by atoms with E-state index in [1.807, 2.05) is 33.9 Å². The van der Waals surface area contributed by atoms with Crippen molar-refractivity contribution < 1.29 is 26.8 Å². The lowest BCUT2D eigenvalue weighted by molar-refractivity contribution is -0.128. The normalized spacial score (nSPS) is 15.2. The maximum Gasteiger partial charge on any atom is 0.250 e. The Morgan fingerprint density at radius 1 is 1.26 bits per heavy atom. The number of amides is 1. The van der Waals surface area contributed by atoms with Gasteiger partial charge in [0.15, 0.2) is 0 Å². The van der Waals surface area contributed by atoms with Crippen LogP contribution in [0, 0.1) is 18.7 Å². The maximum atomic E-state index is 14.5. The zero-order valence-corrected chi connectivity index (χ0v) is 24.2. The Balaban J connectivity index is 0. The van der Waals surface area contributed by atoms with Crippen molar-refractivity contribution in [2.45, 2.75) is 59.5 Å². The predicted molar refractivity (Wildman–Crippen MR) is 155 cm³/mol. The van der Waals surface area contributed by atoms with Crippen molar-refractivity contribution in [1.29, 1.82) is 0 Å². The van der Waals surface area contributed by atoms with Gasteiger partial charge < -0.3 is 15.0 Å². The minimum absolute atomic E-state index is 0.146. The van der Waals surface area contributed by atoms with Gasteiger partial charge in [0.25, 0.3) is 5.91 Å². The highest BCUT2D eigenvalue weighted by Gasteiger charge is 2.38. The molecular formula is C29H41F2N3O4S. The molecule has 0 aromatic heterocycles. The van der Waals surface area contributed by atoms with Crippen LogP contribution in [0.2, 0.25) is 0 Å². The second kappa shape index (κ2) is 20.4. The molecule has 1 heterocycles. The molecule has 2 rings (SSSR count). The van der Waals surface area contributed by atoms with Crippen molar-refractivity contribution in [1.82, 2.24) is 10.2 Å². The van der Waals surface area contributed by atoms with E-state index in [1.54, 1.807) is 24.0 Å². The summed E-state index contributed by atoms with van der Waals surface area (Å²) in [7, 11) is -1.38. The molecule has 1 atom stereocenters. The van der Waals surface area contributed by atoms with Gasteiger partial charge in [0, 0.05) is 36.9 Å². The molecule has 1 aromatic carbocycles. The highest BCUT2D eigenvalue weighted by atomic mass is 32.2. The number of allylic oxidation sites excluding steroid dienone is 3. The number of terminal acetylenes is 1. The first-order valence-corrected chi connectivity index (χ1v) is 13.9. The monoisotopic (exact) mass is 565 g/mol. The number of benzene rings is 1. The average molecular weight is 566 g/mol. The van der Waals surface area contributed by atoms with E-state index in [2.05, 4.69) is 29.9 Å². The van der Waals surface area contributed by atoms with E-state index in [0.29, 0.717) is 24.0 Å². The summed E-state index contributed by atoms with van der Waals surface area (Å²) in [5, 5.41) is 7.52. The Hall–Kier alpha value is -3.55. The van der Waals surface area contributed by atoms with Crippen molar-refractivity contribution in [3.8, 4) is 12.8 Å². The van der Waals surface area contributed by atoms with E-state index in [-0.39, 0.29) is 30.4 Å². The molecule has 0 bridgehead atoms. The highest BCUT2D eigenvalue weighted by molar-refractivity contribution is 7.89. The van der Waals surface area contributed by atoms with Crippen LogP contribution in [0.4, 0.5) is 8.78 Å². The fourth-order valence-corrected chi connectivity index (χ4v) is 3.64. The average Bonchev–Trinajstić information content (AvgIpc) is 3.13. The van der Waals surface area contributed by atoms with Gasteiger partial charge in [-0.1, -0.05) is 31.2 Å². The number of halogens is 2. The standard InChI is InChI=1S/C19H21F2NO2.C5H11N.C3H7NO2S.C2H2/c1-3-5-16(21)18-13(2)19(24)22(17(18)6-4-11-23)12-14-7-9-15(20)10-8-14;1-4-5(2)6-3;1-2-3-7(4,5)6;1-2/h5,7-11,17H,3-4,6,12H2,1-2H3;4,6H,1-3H3;2H,1,3H2,(H2,4,5,6);1-2H/b16-5+;5-4+;;. The molecule has 7 nitrogen and oxygen atoms in total. The summed E-state index contributed by atoms with van der Waals surface area (Å²) in [6, 6.07) is 5.38. The van der Waals surface area contributed by atoms with Gasteiger partial charge in [-0.3, -0.25) is 4.79 Å². The summed E-state index contributed by atoms with van der Waals surface area (Å²) in [6.45, 7) is 10.9. The number of nitrogens with one attached hydrogen (secondary N) is 1. The number of sulfonamides is 1. The summed E-state index contributed by atoms with van der Waals surface area (Å²) in [6.07, 6.45) is 14.6. The number of hydrogen-bond donors (Lipinski definition) is 2. The number of primary sulfonamides is 1. The first kappa shape index (κ1) is 37.6. The molecular weight excluding hydrogens is 524 g/mol. The number of aldehydes is 1. The largest absolute Gasteiger partial charge is 0.392 e. The molecule has 10 heteroatoms. The molecule has 39 heavy (non-hydrogen) atoms. The molecule has 1 aromatic rings. The van der Waals surface area contributed by atoms with Gasteiger partial charge in [0.1, 0.15) is 17.9 Å². The topological polar surface area (TPSA) is 110 Å². The number of nitrogens with zero attached hydrogens (tertiary/aromatic N) is 1. The summed E-state index contributed by atoms with van der Waals surface area (Å²) < 4.78 is 47.4. The van der Waals surface area contributed by atoms with Crippen LogP contribution < -0.4 is 10.5 Å². The Bertz CT molecular complexity index is 1140. The third-order valence-corrected chi connectivity index (χ3v) is 6.04. The number of nitrogens with two attached hydrogens (primary N) is 1. The van der Waals surface area contributed by atoms with E-state index in [9.17, 15) is 26.8 Å². The second-order valence-electron chi connectivity index (χ2n) is 8.16. The number of rotatable bonds is 10. The van der Waals surface area contributed by atoms with E-state index in [0.717, 1.165) is 11.8 Å². The summed E-state index contributed by atoms with van der Waals surface area (Å²) >= 11 is 0. The Morgan fingerprint density at radius 2 is 1.82 bits per heavy atom. The molecule has 3 N–H and O–H groups in total. The number of carbonyl (C=O) groups is 2.